The smallest absolute Gasteiger partial charge is 0.274 e. The third-order valence-electron chi connectivity index (χ3n) is 4.05. The standard InChI is InChI=1S/C23H17FN4O3/c24-20-12-16(13-25)10-11-19(20)23(30)28-26-14-17-6-4-5-9-21(17)31-15-22(29)27-18-7-2-1-3-8-18/h1-12,14H,15H2,(H,27,29)(H,28,30)/b26-14-. The molecule has 0 aliphatic rings. The maximum atomic E-state index is 13.9. The van der Waals surface area contributed by atoms with E-state index in [4.69, 9.17) is 10.00 Å². The van der Waals surface area contributed by atoms with Crippen molar-refractivity contribution in [2.24, 2.45) is 5.10 Å². The number of hydrazone groups is 1. The zero-order valence-corrected chi connectivity index (χ0v) is 16.2. The van der Waals surface area contributed by atoms with Gasteiger partial charge in [-0.1, -0.05) is 30.3 Å². The molecule has 8 heteroatoms. The molecule has 3 rings (SSSR count). The van der Waals surface area contributed by atoms with Crippen LogP contribution >= 0.6 is 0 Å². The van der Waals surface area contributed by atoms with Crippen LogP contribution in [0.1, 0.15) is 21.5 Å². The fraction of sp³-hybridized carbons (Fsp3) is 0.0435. The van der Waals surface area contributed by atoms with Gasteiger partial charge < -0.3 is 10.1 Å². The molecular formula is C23H17FN4O3. The number of rotatable bonds is 7. The first-order chi connectivity index (χ1) is 15.1. The molecule has 0 bridgehead atoms. The van der Waals surface area contributed by atoms with Crippen molar-refractivity contribution < 1.29 is 18.7 Å². The van der Waals surface area contributed by atoms with Crippen molar-refractivity contribution in [3.8, 4) is 11.8 Å². The maximum Gasteiger partial charge on any atom is 0.274 e. The number of benzene rings is 3. The van der Waals surface area contributed by atoms with Gasteiger partial charge in [-0.3, -0.25) is 9.59 Å². The molecule has 3 aromatic rings. The van der Waals surface area contributed by atoms with E-state index in [9.17, 15) is 14.0 Å². The Hall–Kier alpha value is -4.51. The molecule has 0 heterocycles. The summed E-state index contributed by atoms with van der Waals surface area (Å²) in [5.41, 5.74) is 3.26. The van der Waals surface area contributed by atoms with Crippen molar-refractivity contribution in [1.29, 1.82) is 5.26 Å². The van der Waals surface area contributed by atoms with Crippen molar-refractivity contribution in [2.45, 2.75) is 0 Å². The van der Waals surface area contributed by atoms with Crippen LogP contribution in [0.4, 0.5) is 10.1 Å². The van der Waals surface area contributed by atoms with E-state index < -0.39 is 11.7 Å². The minimum Gasteiger partial charge on any atom is -0.483 e. The fourth-order valence-corrected chi connectivity index (χ4v) is 2.57. The Balaban J connectivity index is 1.60. The predicted molar refractivity (Wildman–Crippen MR) is 113 cm³/mol. The fourth-order valence-electron chi connectivity index (χ4n) is 2.57. The van der Waals surface area contributed by atoms with E-state index in [0.717, 1.165) is 6.07 Å². The molecule has 2 amide bonds. The average molecular weight is 416 g/mol. The number of hydrogen-bond acceptors (Lipinski definition) is 5. The second-order valence-corrected chi connectivity index (χ2v) is 6.25. The van der Waals surface area contributed by atoms with Gasteiger partial charge in [0.2, 0.25) is 0 Å². The number of hydrogen-bond donors (Lipinski definition) is 2. The lowest BCUT2D eigenvalue weighted by Gasteiger charge is -2.09. The first-order valence-electron chi connectivity index (χ1n) is 9.16. The average Bonchev–Trinajstić information content (AvgIpc) is 2.79. The lowest BCUT2D eigenvalue weighted by atomic mass is 10.1. The lowest BCUT2D eigenvalue weighted by molar-refractivity contribution is -0.118. The maximum absolute atomic E-state index is 13.9. The van der Waals surface area contributed by atoms with E-state index in [1.807, 2.05) is 6.07 Å². The molecule has 0 saturated carbocycles. The Morgan fingerprint density at radius 2 is 1.81 bits per heavy atom. The van der Waals surface area contributed by atoms with Gasteiger partial charge in [-0.05, 0) is 42.5 Å². The number of carbonyl (C=O) groups is 2. The normalized spacial score (nSPS) is 10.3. The van der Waals surface area contributed by atoms with Gasteiger partial charge >= 0.3 is 0 Å². The largest absolute Gasteiger partial charge is 0.483 e. The van der Waals surface area contributed by atoms with Crippen molar-refractivity contribution in [2.75, 3.05) is 11.9 Å². The molecule has 3 aromatic carbocycles. The molecule has 7 nitrogen and oxygen atoms in total. The van der Waals surface area contributed by atoms with E-state index in [1.54, 1.807) is 54.6 Å². The van der Waals surface area contributed by atoms with Gasteiger partial charge in [-0.15, -0.1) is 0 Å². The molecule has 0 aromatic heterocycles. The van der Waals surface area contributed by atoms with Crippen LogP contribution in [0.2, 0.25) is 0 Å². The summed E-state index contributed by atoms with van der Waals surface area (Å²) in [6, 6.07) is 21.1. The number of carbonyl (C=O) groups excluding carboxylic acids is 2. The molecule has 0 saturated heterocycles. The van der Waals surface area contributed by atoms with Crippen LogP contribution in [-0.2, 0) is 4.79 Å². The highest BCUT2D eigenvalue weighted by Crippen LogP contribution is 2.16. The van der Waals surface area contributed by atoms with Crippen LogP contribution in [0.25, 0.3) is 0 Å². The summed E-state index contributed by atoms with van der Waals surface area (Å²) < 4.78 is 19.5. The van der Waals surface area contributed by atoms with Crippen molar-refractivity contribution in [3.63, 3.8) is 0 Å². The Kier molecular flexibility index (Phi) is 7.06. The number of amides is 2. The van der Waals surface area contributed by atoms with E-state index >= 15 is 0 Å². The highest BCUT2D eigenvalue weighted by atomic mass is 19.1. The zero-order chi connectivity index (χ0) is 22.1. The van der Waals surface area contributed by atoms with Gasteiger partial charge in [0.1, 0.15) is 11.6 Å². The van der Waals surface area contributed by atoms with Crippen molar-refractivity contribution in [1.82, 2.24) is 5.43 Å². The third-order valence-corrected chi connectivity index (χ3v) is 4.05. The highest BCUT2D eigenvalue weighted by Gasteiger charge is 2.12. The molecule has 2 N–H and O–H groups in total. The van der Waals surface area contributed by atoms with Gasteiger partial charge in [0.15, 0.2) is 6.61 Å². The second kappa shape index (κ2) is 10.3. The molecule has 0 fully saturated rings. The molecule has 31 heavy (non-hydrogen) atoms. The van der Waals surface area contributed by atoms with Crippen LogP contribution in [0, 0.1) is 17.1 Å². The van der Waals surface area contributed by atoms with Crippen LogP contribution < -0.4 is 15.5 Å². The number of ether oxygens (including phenoxy) is 1. The van der Waals surface area contributed by atoms with Gasteiger partial charge in [0.25, 0.3) is 11.8 Å². The summed E-state index contributed by atoms with van der Waals surface area (Å²) in [5.74, 6) is -1.53. The van der Waals surface area contributed by atoms with Crippen LogP contribution in [0.5, 0.6) is 5.75 Å². The number of nitriles is 1. The summed E-state index contributed by atoms with van der Waals surface area (Å²) in [7, 11) is 0. The molecule has 0 aliphatic carbocycles. The summed E-state index contributed by atoms with van der Waals surface area (Å²) in [5, 5.41) is 15.3. The minimum atomic E-state index is -0.820. The van der Waals surface area contributed by atoms with Crippen LogP contribution in [0.3, 0.4) is 0 Å². The Bertz CT molecular complexity index is 1160. The van der Waals surface area contributed by atoms with Gasteiger partial charge in [0.05, 0.1) is 23.4 Å². The molecule has 0 unspecified atom stereocenters. The Morgan fingerprint density at radius 1 is 1.06 bits per heavy atom. The predicted octanol–water partition coefficient (Wildman–Crippen LogP) is 3.48. The quantitative estimate of drug-likeness (QED) is 0.455. The van der Waals surface area contributed by atoms with Gasteiger partial charge in [-0.25, -0.2) is 9.82 Å². The number of nitrogens with zero attached hydrogens (tertiary/aromatic N) is 2. The number of para-hydroxylation sites is 2. The topological polar surface area (TPSA) is 104 Å². The zero-order valence-electron chi connectivity index (χ0n) is 16.2. The second-order valence-electron chi connectivity index (χ2n) is 6.25. The number of halogens is 1. The third kappa shape index (κ3) is 5.98. The van der Waals surface area contributed by atoms with Crippen LogP contribution in [-0.4, -0.2) is 24.6 Å². The van der Waals surface area contributed by atoms with Gasteiger partial charge in [-0.2, -0.15) is 10.4 Å². The SMILES string of the molecule is N#Cc1ccc(C(=O)N/N=C\c2ccccc2OCC(=O)Nc2ccccc2)c(F)c1. The summed E-state index contributed by atoms with van der Waals surface area (Å²) in [4.78, 5) is 24.1. The van der Waals surface area contributed by atoms with E-state index in [0.29, 0.717) is 17.0 Å². The molecule has 0 spiro atoms. The Labute approximate surface area is 177 Å². The summed E-state index contributed by atoms with van der Waals surface area (Å²) >= 11 is 0. The highest BCUT2D eigenvalue weighted by molar-refractivity contribution is 5.95. The van der Waals surface area contributed by atoms with E-state index in [-0.39, 0.29) is 23.6 Å². The summed E-state index contributed by atoms with van der Waals surface area (Å²) in [6.07, 6.45) is 1.32. The number of nitrogens with one attached hydrogen (secondary N) is 2. The molecule has 0 aliphatic heterocycles. The molecule has 154 valence electrons. The van der Waals surface area contributed by atoms with E-state index in [2.05, 4.69) is 15.8 Å². The first kappa shape index (κ1) is 21.2. The van der Waals surface area contributed by atoms with E-state index in [1.165, 1.54) is 18.3 Å². The van der Waals surface area contributed by atoms with Crippen molar-refractivity contribution in [3.05, 3.63) is 95.3 Å². The first-order valence-corrected chi connectivity index (χ1v) is 9.16. The molecule has 0 atom stereocenters. The lowest BCUT2D eigenvalue weighted by Crippen LogP contribution is -2.21. The minimum absolute atomic E-state index is 0.111. The summed E-state index contributed by atoms with van der Waals surface area (Å²) in [6.45, 7) is -0.220. The van der Waals surface area contributed by atoms with Gasteiger partial charge in [0, 0.05) is 11.3 Å². The molecule has 0 radical (unpaired) electrons. The van der Waals surface area contributed by atoms with Crippen molar-refractivity contribution >= 4 is 23.7 Å². The molecular weight excluding hydrogens is 399 g/mol. The number of anilines is 1. The monoisotopic (exact) mass is 416 g/mol. The Morgan fingerprint density at radius 3 is 2.55 bits per heavy atom. The van der Waals surface area contributed by atoms with Crippen LogP contribution in [0.15, 0.2) is 77.9 Å².